The number of esters is 1. The van der Waals surface area contributed by atoms with Crippen molar-refractivity contribution >= 4 is 5.97 Å². The van der Waals surface area contributed by atoms with Crippen LogP contribution in [0.4, 0.5) is 0 Å². The molecule has 1 N–H and O–H groups in total. The first-order chi connectivity index (χ1) is 11.6. The Morgan fingerprint density at radius 2 is 1.88 bits per heavy atom. The molecule has 0 amide bonds. The smallest absolute Gasteiger partial charge is 0.316 e. The summed E-state index contributed by atoms with van der Waals surface area (Å²) in [6.45, 7) is 3.10. The minimum absolute atomic E-state index is 0. The lowest BCUT2D eigenvalue weighted by Crippen LogP contribution is -3.00. The summed E-state index contributed by atoms with van der Waals surface area (Å²) in [6.07, 6.45) is 2.37. The van der Waals surface area contributed by atoms with Crippen molar-refractivity contribution in [2.75, 3.05) is 20.2 Å². The number of ether oxygens (including phenoxy) is 2. The molecule has 3 heterocycles. The van der Waals surface area contributed by atoms with Crippen LogP contribution in [-0.4, -0.2) is 66.2 Å². The Morgan fingerprint density at radius 1 is 1.28 bits per heavy atom. The summed E-state index contributed by atoms with van der Waals surface area (Å²) in [5.41, 5.74) is 0.809. The number of epoxide rings is 1. The Morgan fingerprint density at radius 3 is 2.40 bits per heavy atom. The highest BCUT2D eigenvalue weighted by molar-refractivity contribution is 5.78. The van der Waals surface area contributed by atoms with Gasteiger partial charge in [0, 0.05) is 12.8 Å². The maximum Gasteiger partial charge on any atom is 0.316 e. The highest BCUT2D eigenvalue weighted by atomic mass is 79.9. The third-order valence-electron chi connectivity index (χ3n) is 6.48. The van der Waals surface area contributed by atoms with Gasteiger partial charge < -0.3 is 36.0 Å². The second-order valence-corrected chi connectivity index (χ2v) is 7.54. The number of fused-ring (bicyclic) bond motifs is 5. The number of likely N-dealkylation sites (N-methyl/N-ethyl adjacent to an activating group) is 1. The summed E-state index contributed by atoms with van der Waals surface area (Å²) < 4.78 is 12.7. The van der Waals surface area contributed by atoms with Crippen molar-refractivity contribution in [2.24, 2.45) is 0 Å². The van der Waals surface area contributed by atoms with Gasteiger partial charge in [0.15, 0.2) is 0 Å². The van der Waals surface area contributed by atoms with Crippen LogP contribution >= 0.6 is 0 Å². The highest BCUT2D eigenvalue weighted by Crippen LogP contribution is 2.52. The number of carbonyl (C=O) groups excluding carboxylic acids is 1. The van der Waals surface area contributed by atoms with Crippen LogP contribution in [0, 0.1) is 0 Å². The zero-order valence-electron chi connectivity index (χ0n) is 14.7. The molecule has 1 aromatic carbocycles. The summed E-state index contributed by atoms with van der Waals surface area (Å²) in [5.74, 6) is -0.904. The summed E-state index contributed by atoms with van der Waals surface area (Å²) in [7, 11) is 2.31. The molecule has 6 heteroatoms. The lowest BCUT2D eigenvalue weighted by molar-refractivity contribution is -0.954. The van der Waals surface area contributed by atoms with E-state index < -0.39 is 5.92 Å². The molecule has 3 saturated heterocycles. The Balaban J connectivity index is 0.00000182. The number of carbonyl (C=O) groups is 1. The number of aliphatic hydroxyl groups is 1. The third kappa shape index (κ3) is 3.03. The maximum absolute atomic E-state index is 12.6. The van der Waals surface area contributed by atoms with E-state index in [0.29, 0.717) is 24.3 Å². The average molecular weight is 412 g/mol. The van der Waals surface area contributed by atoms with E-state index in [2.05, 4.69) is 14.0 Å². The molecule has 2 unspecified atom stereocenters. The maximum atomic E-state index is 12.6. The molecule has 3 aliphatic rings. The lowest BCUT2D eigenvalue weighted by atomic mass is 9.95. The van der Waals surface area contributed by atoms with Crippen molar-refractivity contribution < 1.29 is 40.8 Å². The Bertz CT molecular complexity index is 607. The molecular formula is C19H26BrNO4. The fraction of sp³-hybridized carbons (Fsp3) is 0.632. The van der Waals surface area contributed by atoms with Crippen LogP contribution in [0.5, 0.6) is 0 Å². The number of hydrogen-bond donors (Lipinski definition) is 1. The quantitative estimate of drug-likeness (QED) is 0.362. The van der Waals surface area contributed by atoms with Gasteiger partial charge in [0.2, 0.25) is 0 Å². The first-order valence-corrected chi connectivity index (χ1v) is 8.95. The van der Waals surface area contributed by atoms with Crippen molar-refractivity contribution in [1.82, 2.24) is 0 Å². The molecule has 0 radical (unpaired) electrons. The zero-order chi connectivity index (χ0) is 16.9. The highest BCUT2D eigenvalue weighted by Gasteiger charge is 2.71. The second kappa shape index (κ2) is 6.99. The fourth-order valence-corrected chi connectivity index (χ4v) is 4.87. The van der Waals surface area contributed by atoms with Gasteiger partial charge >= 0.3 is 5.97 Å². The van der Waals surface area contributed by atoms with Crippen LogP contribution < -0.4 is 17.0 Å². The van der Waals surface area contributed by atoms with Gasteiger partial charge in [-0.3, -0.25) is 4.79 Å². The lowest BCUT2D eigenvalue weighted by Gasteiger charge is -2.47. The Labute approximate surface area is 159 Å². The predicted octanol–water partition coefficient (Wildman–Crippen LogP) is -1.54. The van der Waals surface area contributed by atoms with E-state index in [1.54, 1.807) is 0 Å². The first kappa shape index (κ1) is 18.8. The number of rotatable bonds is 5. The van der Waals surface area contributed by atoms with Crippen LogP contribution in [-0.2, 0) is 14.3 Å². The van der Waals surface area contributed by atoms with E-state index in [-0.39, 0.29) is 35.7 Å². The number of piperidine rings is 1. The number of benzene rings is 1. The number of quaternary nitrogens is 1. The molecule has 3 aliphatic heterocycles. The Kier molecular flexibility index (Phi) is 5.26. The number of morpholine rings is 1. The molecule has 138 valence electrons. The topological polar surface area (TPSA) is 59.1 Å². The van der Waals surface area contributed by atoms with Gasteiger partial charge in [-0.2, -0.15) is 0 Å². The Hall–Kier alpha value is -0.950. The average Bonchev–Trinajstić information content (AvgIpc) is 3.35. The van der Waals surface area contributed by atoms with Crippen LogP contribution in [0.2, 0.25) is 0 Å². The third-order valence-corrected chi connectivity index (χ3v) is 6.48. The van der Waals surface area contributed by atoms with Crippen LogP contribution in [0.1, 0.15) is 31.2 Å². The van der Waals surface area contributed by atoms with E-state index in [9.17, 15) is 9.90 Å². The SMILES string of the molecule is CC[N+]1(C)[C@@H]2CC(OC(=O)[C@H](CO)c3ccccc3)C[C@H]1[C@H]1O[C@H]12.[Br-]. The number of hydrogen-bond acceptors (Lipinski definition) is 4. The van der Waals surface area contributed by atoms with E-state index in [4.69, 9.17) is 9.47 Å². The molecular weight excluding hydrogens is 386 g/mol. The zero-order valence-corrected chi connectivity index (χ0v) is 16.3. The van der Waals surface area contributed by atoms with Crippen molar-refractivity contribution in [2.45, 2.75) is 56.1 Å². The molecule has 3 fully saturated rings. The second-order valence-electron chi connectivity index (χ2n) is 7.54. The molecule has 0 spiro atoms. The minimum Gasteiger partial charge on any atom is -1.00 e. The van der Waals surface area contributed by atoms with Crippen molar-refractivity contribution in [3.63, 3.8) is 0 Å². The normalized spacial score (nSPS) is 39.1. The summed E-state index contributed by atoms with van der Waals surface area (Å²) in [5, 5.41) is 9.64. The van der Waals surface area contributed by atoms with Gasteiger partial charge in [0.25, 0.3) is 0 Å². The largest absolute Gasteiger partial charge is 1.00 e. The van der Waals surface area contributed by atoms with Crippen molar-refractivity contribution in [3.05, 3.63) is 35.9 Å². The molecule has 7 atom stereocenters. The monoisotopic (exact) mass is 411 g/mol. The van der Waals surface area contributed by atoms with Gasteiger partial charge in [0.1, 0.15) is 36.3 Å². The summed E-state index contributed by atoms with van der Waals surface area (Å²) in [4.78, 5) is 12.6. The van der Waals surface area contributed by atoms with Crippen LogP contribution in [0.25, 0.3) is 0 Å². The molecule has 1 aromatic rings. The number of halogens is 1. The predicted molar refractivity (Wildman–Crippen MR) is 88.3 cm³/mol. The molecule has 0 saturated carbocycles. The van der Waals surface area contributed by atoms with Gasteiger partial charge in [-0.05, 0) is 12.5 Å². The minimum atomic E-state index is -0.594. The summed E-state index contributed by atoms with van der Waals surface area (Å²) in [6, 6.07) is 10.2. The summed E-state index contributed by atoms with van der Waals surface area (Å²) >= 11 is 0. The van der Waals surface area contributed by atoms with Gasteiger partial charge in [-0.15, -0.1) is 0 Å². The number of aliphatic hydroxyl groups excluding tert-OH is 1. The van der Waals surface area contributed by atoms with E-state index in [1.165, 1.54) is 0 Å². The molecule has 0 aliphatic carbocycles. The number of nitrogens with zero attached hydrogens (tertiary/aromatic N) is 1. The van der Waals surface area contributed by atoms with Crippen LogP contribution in [0.3, 0.4) is 0 Å². The molecule has 25 heavy (non-hydrogen) atoms. The van der Waals surface area contributed by atoms with Gasteiger partial charge in [-0.1, -0.05) is 30.3 Å². The standard InChI is InChI=1S/C19H26NO4.BrH/c1-3-20(2)15-9-13(10-16(20)18-17(15)24-18)23-19(22)14(11-21)12-7-5-4-6-8-12;/h4-8,13-18,21H,3,9-11H2,1-2H3;1H/q+1;/p-1/t13?,14-,15-,16+,17+,18-,20?;/m1./s1. The van der Waals surface area contributed by atoms with Gasteiger partial charge in [-0.25, -0.2) is 0 Å². The molecule has 0 aromatic heterocycles. The first-order valence-electron chi connectivity index (χ1n) is 8.95. The van der Waals surface area contributed by atoms with Crippen molar-refractivity contribution in [3.8, 4) is 0 Å². The molecule has 2 bridgehead atoms. The van der Waals surface area contributed by atoms with Gasteiger partial charge in [0.05, 0.1) is 20.2 Å². The van der Waals surface area contributed by atoms with E-state index >= 15 is 0 Å². The van der Waals surface area contributed by atoms with Crippen LogP contribution in [0.15, 0.2) is 30.3 Å². The van der Waals surface area contributed by atoms with E-state index in [1.807, 2.05) is 30.3 Å². The molecule has 5 nitrogen and oxygen atoms in total. The molecule has 4 rings (SSSR count). The fourth-order valence-electron chi connectivity index (χ4n) is 4.87. The van der Waals surface area contributed by atoms with Crippen molar-refractivity contribution in [1.29, 1.82) is 0 Å². The van der Waals surface area contributed by atoms with E-state index in [0.717, 1.165) is 29.4 Å².